The molecule has 0 spiro atoms. The highest BCUT2D eigenvalue weighted by Gasteiger charge is 2.43. The molecule has 0 bridgehead atoms. The maximum atomic E-state index is 13.7. The Bertz CT molecular complexity index is 1200. The van der Waals surface area contributed by atoms with Crippen LogP contribution in [0.4, 0.5) is 19.7 Å². The first-order chi connectivity index (χ1) is 18.5. The van der Waals surface area contributed by atoms with Crippen LogP contribution in [0.1, 0.15) is 37.2 Å². The molecule has 8 nitrogen and oxygen atoms in total. The minimum Gasteiger partial charge on any atom is -0.465 e. The maximum Gasteiger partial charge on any atom is 0.407 e. The van der Waals surface area contributed by atoms with Gasteiger partial charge in [0.2, 0.25) is 5.91 Å². The third kappa shape index (κ3) is 6.41. The molecular formula is C28H33Cl2FN4O4. The van der Waals surface area contributed by atoms with Crippen molar-refractivity contribution >= 4 is 46.9 Å². The summed E-state index contributed by atoms with van der Waals surface area (Å²) in [5.74, 6) is -0.758. The van der Waals surface area contributed by atoms with Gasteiger partial charge in [0.15, 0.2) is 0 Å². The zero-order valence-electron chi connectivity index (χ0n) is 22.2. The van der Waals surface area contributed by atoms with Crippen molar-refractivity contribution < 1.29 is 23.9 Å². The van der Waals surface area contributed by atoms with Crippen LogP contribution in [0, 0.1) is 11.7 Å². The quantitative estimate of drug-likeness (QED) is 0.487. The number of likely N-dealkylation sites (N-methyl/N-ethyl adjacent to an activating group) is 1. The number of carbonyl (C=O) groups is 3. The summed E-state index contributed by atoms with van der Waals surface area (Å²) < 4.78 is 13.7. The molecule has 0 unspecified atom stereocenters. The number of halogens is 3. The largest absolute Gasteiger partial charge is 0.465 e. The van der Waals surface area contributed by atoms with E-state index in [1.54, 1.807) is 61.3 Å². The first-order valence-corrected chi connectivity index (χ1v) is 13.7. The number of anilines is 1. The molecular weight excluding hydrogens is 546 g/mol. The van der Waals surface area contributed by atoms with Crippen LogP contribution in [0.15, 0.2) is 42.5 Å². The zero-order chi connectivity index (χ0) is 28.4. The number of nitrogens with zero attached hydrogens (tertiary/aromatic N) is 4. The van der Waals surface area contributed by atoms with Crippen molar-refractivity contribution in [3.8, 4) is 0 Å². The smallest absolute Gasteiger partial charge is 0.407 e. The molecule has 4 rings (SSSR count). The van der Waals surface area contributed by atoms with Gasteiger partial charge in [0, 0.05) is 67.8 Å². The zero-order valence-corrected chi connectivity index (χ0v) is 23.7. The standard InChI is InChI=1S/C28H33Cl2FN4O4/c1-32(23-13-19(29)12-20(30)14-23)27(37)34(3)25-16-35(15-24(25)17-4-8-21(31)9-5-17)26(36)18-6-10-22(11-7-18)33(2)28(38)39/h4-5,8-9,12-14,18,22,24-25H,6-7,10-11,15-16H2,1-3H3,(H,38,39)/t18?,22?,24-,25+/m0/s1. The van der Waals surface area contributed by atoms with Crippen LogP contribution in [-0.2, 0) is 4.79 Å². The molecule has 1 N–H and O–H groups in total. The molecule has 39 heavy (non-hydrogen) atoms. The van der Waals surface area contributed by atoms with Gasteiger partial charge in [0.05, 0.1) is 6.04 Å². The summed E-state index contributed by atoms with van der Waals surface area (Å²) in [5, 5.41) is 10.1. The normalized spacial score (nSPS) is 22.9. The Hall–Kier alpha value is -3.04. The van der Waals surface area contributed by atoms with E-state index in [-0.39, 0.29) is 41.7 Å². The molecule has 0 radical (unpaired) electrons. The number of hydrogen-bond acceptors (Lipinski definition) is 3. The van der Waals surface area contributed by atoms with Crippen molar-refractivity contribution in [2.24, 2.45) is 5.92 Å². The molecule has 4 amide bonds. The fraction of sp³-hybridized carbons (Fsp3) is 0.464. The topological polar surface area (TPSA) is 84.4 Å². The fourth-order valence-corrected chi connectivity index (χ4v) is 6.26. The second kappa shape index (κ2) is 12.0. The third-order valence-electron chi connectivity index (χ3n) is 8.11. The molecule has 1 saturated carbocycles. The van der Waals surface area contributed by atoms with Crippen LogP contribution in [0.5, 0.6) is 0 Å². The van der Waals surface area contributed by atoms with Crippen molar-refractivity contribution in [2.75, 3.05) is 39.1 Å². The van der Waals surface area contributed by atoms with Crippen LogP contribution < -0.4 is 4.90 Å². The van der Waals surface area contributed by atoms with Gasteiger partial charge >= 0.3 is 12.1 Å². The SMILES string of the molecule is CN(C(=O)N(C)[C@@H]1CN(C(=O)C2CCC(N(C)C(=O)O)CC2)C[C@H]1c1ccc(F)cc1)c1cc(Cl)cc(Cl)c1. The Kier molecular flexibility index (Phi) is 8.91. The fourth-order valence-electron chi connectivity index (χ4n) is 5.74. The predicted octanol–water partition coefficient (Wildman–Crippen LogP) is 5.78. The number of carboxylic acid groups (broad SMARTS) is 1. The number of urea groups is 1. The lowest BCUT2D eigenvalue weighted by Gasteiger charge is -2.34. The van der Waals surface area contributed by atoms with Gasteiger partial charge in [-0.05, 0) is 61.6 Å². The van der Waals surface area contributed by atoms with Crippen LogP contribution in [0.3, 0.4) is 0 Å². The molecule has 1 aliphatic carbocycles. The molecule has 2 aromatic rings. The second-order valence-electron chi connectivity index (χ2n) is 10.4. The Morgan fingerprint density at radius 2 is 1.49 bits per heavy atom. The van der Waals surface area contributed by atoms with Crippen molar-refractivity contribution in [1.82, 2.24) is 14.7 Å². The van der Waals surface area contributed by atoms with Crippen molar-refractivity contribution in [3.05, 3.63) is 63.9 Å². The summed E-state index contributed by atoms with van der Waals surface area (Å²) in [6.07, 6.45) is 1.51. The van der Waals surface area contributed by atoms with Crippen LogP contribution in [0.25, 0.3) is 0 Å². The van der Waals surface area contributed by atoms with E-state index in [1.165, 1.54) is 21.9 Å². The van der Waals surface area contributed by atoms with Crippen molar-refractivity contribution in [2.45, 2.75) is 43.7 Å². The van der Waals surface area contributed by atoms with Gasteiger partial charge in [-0.3, -0.25) is 9.69 Å². The number of amides is 4. The summed E-state index contributed by atoms with van der Waals surface area (Å²) >= 11 is 12.3. The van der Waals surface area contributed by atoms with Gasteiger partial charge in [-0.25, -0.2) is 14.0 Å². The second-order valence-corrected chi connectivity index (χ2v) is 11.3. The summed E-state index contributed by atoms with van der Waals surface area (Å²) in [7, 11) is 4.90. The molecule has 2 fully saturated rings. The van der Waals surface area contributed by atoms with E-state index in [9.17, 15) is 23.9 Å². The highest BCUT2D eigenvalue weighted by molar-refractivity contribution is 6.35. The average molecular weight is 580 g/mol. The Morgan fingerprint density at radius 3 is 2.05 bits per heavy atom. The summed E-state index contributed by atoms with van der Waals surface area (Å²) in [6.45, 7) is 0.733. The summed E-state index contributed by atoms with van der Waals surface area (Å²) in [6, 6.07) is 10.3. The van der Waals surface area contributed by atoms with Crippen LogP contribution in [-0.4, -0.2) is 84.2 Å². The van der Waals surface area contributed by atoms with E-state index in [0.29, 0.717) is 54.5 Å². The predicted molar refractivity (Wildman–Crippen MR) is 149 cm³/mol. The van der Waals surface area contributed by atoms with E-state index in [1.807, 2.05) is 0 Å². The van der Waals surface area contributed by atoms with Gasteiger partial charge in [0.25, 0.3) is 0 Å². The van der Waals surface area contributed by atoms with Gasteiger partial charge in [-0.2, -0.15) is 0 Å². The minimum absolute atomic E-state index is 0.0110. The Balaban J connectivity index is 1.52. The van der Waals surface area contributed by atoms with Gasteiger partial charge < -0.3 is 19.8 Å². The number of likely N-dealkylation sites (tertiary alicyclic amines) is 1. The monoisotopic (exact) mass is 578 g/mol. The Morgan fingerprint density at radius 1 is 0.897 bits per heavy atom. The number of rotatable bonds is 5. The summed E-state index contributed by atoms with van der Waals surface area (Å²) in [5.41, 5.74) is 1.38. The molecule has 0 aromatic heterocycles. The van der Waals surface area contributed by atoms with E-state index in [2.05, 4.69) is 0 Å². The third-order valence-corrected chi connectivity index (χ3v) is 8.55. The van der Waals surface area contributed by atoms with E-state index in [4.69, 9.17) is 23.2 Å². The molecule has 2 aliphatic rings. The molecule has 1 saturated heterocycles. The van der Waals surface area contributed by atoms with Crippen LogP contribution >= 0.6 is 23.2 Å². The van der Waals surface area contributed by atoms with Crippen molar-refractivity contribution in [1.29, 1.82) is 0 Å². The lowest BCUT2D eigenvalue weighted by molar-refractivity contribution is -0.136. The van der Waals surface area contributed by atoms with Crippen LogP contribution in [0.2, 0.25) is 10.0 Å². The highest BCUT2D eigenvalue weighted by Crippen LogP contribution is 2.36. The molecule has 2 atom stereocenters. The number of carbonyl (C=O) groups excluding carboxylic acids is 2. The molecule has 1 heterocycles. The van der Waals surface area contributed by atoms with E-state index < -0.39 is 6.09 Å². The van der Waals surface area contributed by atoms with E-state index in [0.717, 1.165) is 5.56 Å². The molecule has 210 valence electrons. The highest BCUT2D eigenvalue weighted by atomic mass is 35.5. The first-order valence-electron chi connectivity index (χ1n) is 12.9. The lowest BCUT2D eigenvalue weighted by atomic mass is 9.84. The van der Waals surface area contributed by atoms with Crippen molar-refractivity contribution in [3.63, 3.8) is 0 Å². The molecule has 2 aromatic carbocycles. The van der Waals surface area contributed by atoms with Gasteiger partial charge in [0.1, 0.15) is 5.82 Å². The average Bonchev–Trinajstić information content (AvgIpc) is 3.36. The number of benzene rings is 2. The summed E-state index contributed by atoms with van der Waals surface area (Å²) in [4.78, 5) is 44.7. The van der Waals surface area contributed by atoms with Gasteiger partial charge in [-0.15, -0.1) is 0 Å². The Labute approximate surface area is 237 Å². The maximum absolute atomic E-state index is 13.7. The lowest BCUT2D eigenvalue weighted by Crippen LogP contribution is -2.48. The number of hydrogen-bond donors (Lipinski definition) is 1. The minimum atomic E-state index is -0.966. The first kappa shape index (κ1) is 29.0. The molecule has 1 aliphatic heterocycles. The van der Waals surface area contributed by atoms with E-state index >= 15 is 0 Å². The molecule has 11 heteroatoms. The van der Waals surface area contributed by atoms with Gasteiger partial charge in [-0.1, -0.05) is 35.3 Å².